The number of ether oxygens (including phenoxy) is 1. The van der Waals surface area contributed by atoms with Crippen molar-refractivity contribution in [3.63, 3.8) is 0 Å². The van der Waals surface area contributed by atoms with E-state index in [0.29, 0.717) is 4.91 Å². The van der Waals surface area contributed by atoms with Gasteiger partial charge in [0, 0.05) is 17.1 Å². The fourth-order valence-corrected chi connectivity index (χ4v) is 4.49. The zero-order valence-corrected chi connectivity index (χ0v) is 18.2. The summed E-state index contributed by atoms with van der Waals surface area (Å²) in [5.74, 6) is -1.10. The summed E-state index contributed by atoms with van der Waals surface area (Å²) in [5.41, 5.74) is 6.30. The number of esters is 1. The van der Waals surface area contributed by atoms with Gasteiger partial charge in [-0.25, -0.2) is 4.79 Å². The van der Waals surface area contributed by atoms with Gasteiger partial charge in [0.05, 0.1) is 12.0 Å². The molecule has 0 unspecified atom stereocenters. The van der Waals surface area contributed by atoms with Crippen molar-refractivity contribution in [3.8, 4) is 5.69 Å². The Balaban J connectivity index is 1.99. The highest BCUT2D eigenvalue weighted by Gasteiger charge is 2.41. The maximum Gasteiger partial charge on any atom is 0.328 e. The number of hydrogen-bond acceptors (Lipinski definition) is 5. The standard InChI is InChI=1S/C22H24N2O4S/c1-12-7-8-18(13(2)9-12)23-14(3)10-17(15(23)4)11-19-20(25)24(22(27)29-19)16(5)21(26)28-6/h7-11,16H,1-6H3/b19-11+/t16-/m0/s1. The van der Waals surface area contributed by atoms with Crippen molar-refractivity contribution in [1.29, 1.82) is 0 Å². The molecule has 0 radical (unpaired) electrons. The molecule has 2 aromatic rings. The largest absolute Gasteiger partial charge is 0.467 e. The van der Waals surface area contributed by atoms with E-state index >= 15 is 0 Å². The highest BCUT2D eigenvalue weighted by atomic mass is 32.2. The monoisotopic (exact) mass is 412 g/mol. The number of imide groups is 1. The van der Waals surface area contributed by atoms with Crippen LogP contribution >= 0.6 is 11.8 Å². The molecule has 6 nitrogen and oxygen atoms in total. The maximum atomic E-state index is 12.7. The number of amides is 2. The summed E-state index contributed by atoms with van der Waals surface area (Å²) in [7, 11) is 1.23. The molecular weight excluding hydrogens is 388 g/mol. The molecule has 0 bridgehead atoms. The van der Waals surface area contributed by atoms with Crippen LogP contribution in [0.3, 0.4) is 0 Å². The third kappa shape index (κ3) is 3.74. The first-order chi connectivity index (χ1) is 13.6. The van der Waals surface area contributed by atoms with Crippen LogP contribution in [0.5, 0.6) is 0 Å². The van der Waals surface area contributed by atoms with Gasteiger partial charge < -0.3 is 9.30 Å². The molecule has 7 heteroatoms. The second-order valence-corrected chi connectivity index (χ2v) is 8.20. The van der Waals surface area contributed by atoms with E-state index in [9.17, 15) is 14.4 Å². The van der Waals surface area contributed by atoms with Gasteiger partial charge in [0.1, 0.15) is 6.04 Å². The SMILES string of the molecule is COC(=O)[C@H](C)N1C(=O)S/C(=C/c2cc(C)n(-c3ccc(C)cc3C)c2C)C1=O. The molecule has 0 saturated carbocycles. The molecule has 0 spiro atoms. The Bertz CT molecular complexity index is 1050. The minimum absolute atomic E-state index is 0.298. The zero-order chi connectivity index (χ0) is 21.5. The van der Waals surface area contributed by atoms with Crippen molar-refractivity contribution >= 4 is 35.0 Å². The van der Waals surface area contributed by atoms with Crippen molar-refractivity contribution in [2.24, 2.45) is 0 Å². The summed E-state index contributed by atoms with van der Waals surface area (Å²) in [6.07, 6.45) is 1.72. The lowest BCUT2D eigenvalue weighted by Crippen LogP contribution is -2.42. The van der Waals surface area contributed by atoms with E-state index in [4.69, 9.17) is 0 Å². The van der Waals surface area contributed by atoms with E-state index in [-0.39, 0.29) is 0 Å². The maximum absolute atomic E-state index is 12.7. The number of aromatic nitrogens is 1. The lowest BCUT2D eigenvalue weighted by Gasteiger charge is -2.18. The van der Waals surface area contributed by atoms with Crippen LogP contribution in [0, 0.1) is 27.7 Å². The summed E-state index contributed by atoms with van der Waals surface area (Å²) in [6.45, 7) is 9.61. The number of carbonyl (C=O) groups excluding carboxylic acids is 3. The van der Waals surface area contributed by atoms with Gasteiger partial charge in [-0.3, -0.25) is 14.5 Å². The average molecular weight is 413 g/mol. The topological polar surface area (TPSA) is 68.6 Å². The molecule has 1 fully saturated rings. The molecule has 0 N–H and O–H groups in total. The van der Waals surface area contributed by atoms with E-state index in [2.05, 4.69) is 41.4 Å². The predicted octanol–water partition coefficient (Wildman–Crippen LogP) is 4.31. The van der Waals surface area contributed by atoms with Crippen molar-refractivity contribution in [3.05, 3.63) is 57.2 Å². The van der Waals surface area contributed by atoms with Gasteiger partial charge in [-0.05, 0) is 75.7 Å². The quantitative estimate of drug-likeness (QED) is 0.553. The number of aryl methyl sites for hydroxylation is 3. The van der Waals surface area contributed by atoms with Crippen LogP contribution in [-0.4, -0.2) is 39.7 Å². The van der Waals surface area contributed by atoms with Crippen molar-refractivity contribution < 1.29 is 19.1 Å². The molecule has 1 atom stereocenters. The Labute approximate surface area is 174 Å². The molecule has 2 heterocycles. The minimum Gasteiger partial charge on any atom is -0.467 e. The number of nitrogens with zero attached hydrogens (tertiary/aromatic N) is 2. The van der Waals surface area contributed by atoms with Crippen LogP contribution < -0.4 is 0 Å². The number of rotatable bonds is 4. The summed E-state index contributed by atoms with van der Waals surface area (Å²) < 4.78 is 6.81. The van der Waals surface area contributed by atoms with Crippen molar-refractivity contribution in [2.45, 2.75) is 40.7 Å². The van der Waals surface area contributed by atoms with Crippen LogP contribution in [0.25, 0.3) is 11.8 Å². The van der Waals surface area contributed by atoms with E-state index in [0.717, 1.165) is 44.9 Å². The van der Waals surface area contributed by atoms with Gasteiger partial charge in [0.2, 0.25) is 0 Å². The Morgan fingerprint density at radius 2 is 1.83 bits per heavy atom. The highest BCUT2D eigenvalue weighted by molar-refractivity contribution is 8.18. The lowest BCUT2D eigenvalue weighted by molar-refractivity contribution is -0.148. The van der Waals surface area contributed by atoms with Crippen LogP contribution in [0.1, 0.15) is 35.0 Å². The van der Waals surface area contributed by atoms with E-state index in [1.165, 1.54) is 19.6 Å². The molecule has 29 heavy (non-hydrogen) atoms. The molecule has 2 amide bonds. The molecule has 1 aliphatic heterocycles. The molecule has 1 aromatic heterocycles. The first-order valence-corrected chi connectivity index (χ1v) is 10.1. The fourth-order valence-electron chi connectivity index (χ4n) is 3.59. The van der Waals surface area contributed by atoms with Crippen molar-refractivity contribution in [1.82, 2.24) is 9.47 Å². The first kappa shape index (κ1) is 20.9. The molecule has 1 saturated heterocycles. The average Bonchev–Trinajstić information content (AvgIpc) is 3.09. The number of thioether (sulfide) groups is 1. The third-order valence-corrected chi connectivity index (χ3v) is 5.99. The fraction of sp³-hybridized carbons (Fsp3) is 0.318. The molecule has 152 valence electrons. The van der Waals surface area contributed by atoms with E-state index in [1.54, 1.807) is 6.08 Å². The van der Waals surface area contributed by atoms with Crippen LogP contribution in [-0.2, 0) is 14.3 Å². The van der Waals surface area contributed by atoms with Crippen LogP contribution in [0.4, 0.5) is 4.79 Å². The number of carbonyl (C=O) groups is 3. The predicted molar refractivity (Wildman–Crippen MR) is 114 cm³/mol. The van der Waals surface area contributed by atoms with Crippen LogP contribution in [0.15, 0.2) is 29.2 Å². The van der Waals surface area contributed by atoms with Gasteiger partial charge >= 0.3 is 5.97 Å². The molecular formula is C22H24N2O4S. The summed E-state index contributed by atoms with van der Waals surface area (Å²) in [5, 5.41) is -0.470. The van der Waals surface area contributed by atoms with Gasteiger partial charge in [0.15, 0.2) is 0 Å². The molecule has 1 aliphatic rings. The van der Waals surface area contributed by atoms with Gasteiger partial charge in [-0.2, -0.15) is 0 Å². The van der Waals surface area contributed by atoms with Gasteiger partial charge in [0.25, 0.3) is 11.1 Å². The van der Waals surface area contributed by atoms with E-state index < -0.39 is 23.2 Å². The normalized spacial score (nSPS) is 16.6. The Morgan fingerprint density at radius 3 is 2.45 bits per heavy atom. The molecule has 0 aliphatic carbocycles. The minimum atomic E-state index is -0.957. The summed E-state index contributed by atoms with van der Waals surface area (Å²) in [6, 6.07) is 7.32. The third-order valence-electron chi connectivity index (χ3n) is 5.10. The van der Waals surface area contributed by atoms with Gasteiger partial charge in [-0.1, -0.05) is 17.7 Å². The highest BCUT2D eigenvalue weighted by Crippen LogP contribution is 2.35. The Kier molecular flexibility index (Phi) is 5.71. The van der Waals surface area contributed by atoms with E-state index in [1.807, 2.05) is 19.9 Å². The second kappa shape index (κ2) is 7.91. The smallest absolute Gasteiger partial charge is 0.328 e. The first-order valence-electron chi connectivity index (χ1n) is 9.27. The number of benzene rings is 1. The van der Waals surface area contributed by atoms with Crippen LogP contribution in [0.2, 0.25) is 0 Å². The molecule has 3 rings (SSSR count). The zero-order valence-electron chi connectivity index (χ0n) is 17.4. The van der Waals surface area contributed by atoms with Crippen molar-refractivity contribution in [2.75, 3.05) is 7.11 Å². The number of methoxy groups -OCH3 is 1. The summed E-state index contributed by atoms with van der Waals surface area (Å²) in [4.78, 5) is 38.1. The summed E-state index contributed by atoms with van der Waals surface area (Å²) >= 11 is 0.839. The molecule has 1 aromatic carbocycles. The second-order valence-electron chi connectivity index (χ2n) is 7.20. The Morgan fingerprint density at radius 1 is 1.14 bits per heavy atom. The lowest BCUT2D eigenvalue weighted by atomic mass is 10.1. The number of hydrogen-bond donors (Lipinski definition) is 0. The van der Waals surface area contributed by atoms with Gasteiger partial charge in [-0.15, -0.1) is 0 Å². The Hall–Kier alpha value is -2.80.